The van der Waals surface area contributed by atoms with Crippen LogP contribution in [0.15, 0.2) is 18.2 Å². The summed E-state index contributed by atoms with van der Waals surface area (Å²) in [6, 6.07) is 5.51. The first-order valence-electron chi connectivity index (χ1n) is 8.32. The third kappa shape index (κ3) is 3.66. The third-order valence-corrected chi connectivity index (χ3v) is 4.76. The zero-order chi connectivity index (χ0) is 18.1. The average Bonchev–Trinajstić information content (AvgIpc) is 2.99. The summed E-state index contributed by atoms with van der Waals surface area (Å²) in [6.07, 6.45) is 0. The van der Waals surface area contributed by atoms with Crippen molar-refractivity contribution in [3.05, 3.63) is 39.9 Å². The summed E-state index contributed by atoms with van der Waals surface area (Å²) in [6.45, 7) is 8.08. The van der Waals surface area contributed by atoms with Crippen LogP contribution in [-0.2, 0) is 0 Å². The van der Waals surface area contributed by atoms with Gasteiger partial charge in [-0.05, 0) is 19.1 Å². The molecule has 2 heterocycles. The molecule has 1 atom stereocenters. The van der Waals surface area contributed by atoms with Crippen LogP contribution in [0.5, 0.6) is 0 Å². The Hall–Kier alpha value is -1.63. The van der Waals surface area contributed by atoms with Gasteiger partial charge in [-0.25, -0.2) is 9.67 Å². The Morgan fingerprint density at radius 3 is 2.60 bits per heavy atom. The van der Waals surface area contributed by atoms with Gasteiger partial charge in [0.15, 0.2) is 0 Å². The highest BCUT2D eigenvalue weighted by atomic mass is 35.5. The number of carbonyl (C=O) groups excluding carboxylic acids is 1. The molecule has 1 fully saturated rings. The van der Waals surface area contributed by atoms with Gasteiger partial charge >= 0.3 is 0 Å². The standard InChI is InChI=1S/C17H21Cl2N5O/c1-10(2)16-21-15(17(25)23-8-7-20-11(3)9-23)22-24(16)14-12(18)5-4-6-13(14)19/h4-6,10-11,20H,7-9H2,1-3H3. The second-order valence-corrected chi connectivity index (χ2v) is 7.35. The van der Waals surface area contributed by atoms with Gasteiger partial charge < -0.3 is 10.2 Å². The SMILES string of the molecule is CC1CN(C(=O)c2nc(C(C)C)n(-c3c(Cl)cccc3Cl)n2)CCN1. The lowest BCUT2D eigenvalue weighted by molar-refractivity contribution is 0.0696. The quantitative estimate of drug-likeness (QED) is 0.886. The van der Waals surface area contributed by atoms with E-state index in [1.54, 1.807) is 27.8 Å². The molecule has 6 nitrogen and oxygen atoms in total. The lowest BCUT2D eigenvalue weighted by Crippen LogP contribution is -2.51. The number of halogens is 2. The maximum absolute atomic E-state index is 12.8. The van der Waals surface area contributed by atoms with Gasteiger partial charge in [0.2, 0.25) is 5.82 Å². The predicted octanol–water partition coefficient (Wildman–Crippen LogP) is 3.13. The number of amides is 1. The predicted molar refractivity (Wildman–Crippen MR) is 98.8 cm³/mol. The van der Waals surface area contributed by atoms with Crippen molar-refractivity contribution in [3.8, 4) is 5.69 Å². The monoisotopic (exact) mass is 381 g/mol. The Morgan fingerprint density at radius 2 is 2.00 bits per heavy atom. The van der Waals surface area contributed by atoms with Gasteiger partial charge in [0.05, 0.1) is 10.0 Å². The van der Waals surface area contributed by atoms with E-state index in [1.165, 1.54) is 0 Å². The van der Waals surface area contributed by atoms with Gasteiger partial charge in [-0.2, -0.15) is 0 Å². The van der Waals surface area contributed by atoms with Crippen molar-refractivity contribution < 1.29 is 4.79 Å². The molecule has 1 amide bonds. The molecule has 25 heavy (non-hydrogen) atoms. The molecule has 8 heteroatoms. The Bertz CT molecular complexity index is 769. The lowest BCUT2D eigenvalue weighted by Gasteiger charge is -2.31. The van der Waals surface area contributed by atoms with E-state index in [1.807, 2.05) is 13.8 Å². The van der Waals surface area contributed by atoms with Crippen molar-refractivity contribution in [2.24, 2.45) is 0 Å². The number of para-hydroxylation sites is 1. The van der Waals surface area contributed by atoms with Crippen LogP contribution in [0, 0.1) is 0 Å². The fraction of sp³-hybridized carbons (Fsp3) is 0.471. The number of nitrogens with zero attached hydrogens (tertiary/aromatic N) is 4. The third-order valence-electron chi connectivity index (χ3n) is 4.15. The minimum Gasteiger partial charge on any atom is -0.333 e. The molecular weight excluding hydrogens is 361 g/mol. The first kappa shape index (κ1) is 18.2. The largest absolute Gasteiger partial charge is 0.333 e. The number of nitrogens with one attached hydrogen (secondary N) is 1. The van der Waals surface area contributed by atoms with E-state index in [0.717, 1.165) is 6.54 Å². The number of benzene rings is 1. The normalized spacial score (nSPS) is 18.0. The van der Waals surface area contributed by atoms with Gasteiger partial charge in [-0.15, -0.1) is 5.10 Å². The maximum Gasteiger partial charge on any atom is 0.293 e. The summed E-state index contributed by atoms with van der Waals surface area (Å²) >= 11 is 12.6. The maximum atomic E-state index is 12.8. The molecular formula is C17H21Cl2N5O. The Labute approximate surface area is 157 Å². The van der Waals surface area contributed by atoms with Crippen molar-refractivity contribution in [2.45, 2.75) is 32.7 Å². The van der Waals surface area contributed by atoms with Crippen LogP contribution < -0.4 is 5.32 Å². The van der Waals surface area contributed by atoms with Crippen LogP contribution in [-0.4, -0.2) is 51.2 Å². The van der Waals surface area contributed by atoms with Crippen LogP contribution >= 0.6 is 23.2 Å². The van der Waals surface area contributed by atoms with Gasteiger partial charge in [0, 0.05) is 31.6 Å². The molecule has 0 saturated carbocycles. The van der Waals surface area contributed by atoms with E-state index in [9.17, 15) is 4.79 Å². The zero-order valence-electron chi connectivity index (χ0n) is 14.5. The van der Waals surface area contributed by atoms with E-state index < -0.39 is 0 Å². The van der Waals surface area contributed by atoms with E-state index in [2.05, 4.69) is 22.3 Å². The van der Waals surface area contributed by atoms with Crippen LogP contribution in [0.2, 0.25) is 10.0 Å². The van der Waals surface area contributed by atoms with Gasteiger partial charge in [0.1, 0.15) is 11.5 Å². The fourth-order valence-corrected chi connectivity index (χ4v) is 3.46. The molecule has 2 aromatic rings. The number of rotatable bonds is 3. The fourth-order valence-electron chi connectivity index (χ4n) is 2.90. The zero-order valence-corrected chi connectivity index (χ0v) is 16.0. The molecule has 1 aliphatic heterocycles. The van der Waals surface area contributed by atoms with Crippen molar-refractivity contribution in [2.75, 3.05) is 19.6 Å². The van der Waals surface area contributed by atoms with E-state index >= 15 is 0 Å². The molecule has 1 N–H and O–H groups in total. The summed E-state index contributed by atoms with van der Waals surface area (Å²) in [5.74, 6) is 0.718. The van der Waals surface area contributed by atoms with E-state index in [-0.39, 0.29) is 23.7 Å². The van der Waals surface area contributed by atoms with Crippen LogP contribution in [0.1, 0.15) is 43.1 Å². The molecule has 0 radical (unpaired) electrons. The van der Waals surface area contributed by atoms with Crippen molar-refractivity contribution in [1.29, 1.82) is 0 Å². The lowest BCUT2D eigenvalue weighted by atomic mass is 10.2. The summed E-state index contributed by atoms with van der Waals surface area (Å²) < 4.78 is 1.59. The number of aromatic nitrogens is 3. The molecule has 3 rings (SSSR count). The molecule has 1 aromatic carbocycles. The molecule has 0 aliphatic carbocycles. The van der Waals surface area contributed by atoms with Crippen molar-refractivity contribution in [3.63, 3.8) is 0 Å². The van der Waals surface area contributed by atoms with Crippen molar-refractivity contribution >= 4 is 29.1 Å². The minimum atomic E-state index is -0.169. The number of piperazine rings is 1. The van der Waals surface area contributed by atoms with Crippen molar-refractivity contribution in [1.82, 2.24) is 25.0 Å². The summed E-state index contributed by atoms with van der Waals surface area (Å²) in [5, 5.41) is 8.70. The smallest absolute Gasteiger partial charge is 0.293 e. The highest BCUT2D eigenvalue weighted by Crippen LogP contribution is 2.30. The second kappa shape index (κ2) is 7.32. The summed E-state index contributed by atoms with van der Waals surface area (Å²) in [7, 11) is 0. The van der Waals surface area contributed by atoms with E-state index in [0.29, 0.717) is 34.6 Å². The number of carbonyl (C=O) groups is 1. The van der Waals surface area contributed by atoms with Crippen LogP contribution in [0.3, 0.4) is 0 Å². The number of hydrogen-bond acceptors (Lipinski definition) is 4. The highest BCUT2D eigenvalue weighted by Gasteiger charge is 2.27. The van der Waals surface area contributed by atoms with Gasteiger partial charge in [0.25, 0.3) is 5.91 Å². The topological polar surface area (TPSA) is 63.1 Å². The van der Waals surface area contributed by atoms with E-state index in [4.69, 9.17) is 23.2 Å². The first-order valence-corrected chi connectivity index (χ1v) is 9.08. The molecule has 0 spiro atoms. The van der Waals surface area contributed by atoms with Crippen LogP contribution in [0.4, 0.5) is 0 Å². The van der Waals surface area contributed by atoms with Crippen LogP contribution in [0.25, 0.3) is 5.69 Å². The molecule has 1 aliphatic rings. The molecule has 1 aromatic heterocycles. The highest BCUT2D eigenvalue weighted by molar-refractivity contribution is 6.37. The Balaban J connectivity index is 2.02. The second-order valence-electron chi connectivity index (χ2n) is 6.54. The Morgan fingerprint density at radius 1 is 1.32 bits per heavy atom. The minimum absolute atomic E-state index is 0.0586. The summed E-state index contributed by atoms with van der Waals surface area (Å²) in [4.78, 5) is 19.1. The Kier molecular flexibility index (Phi) is 5.32. The van der Waals surface area contributed by atoms with Gasteiger partial charge in [-0.3, -0.25) is 4.79 Å². The molecule has 1 unspecified atom stereocenters. The number of hydrogen-bond donors (Lipinski definition) is 1. The molecule has 1 saturated heterocycles. The summed E-state index contributed by atoms with van der Waals surface area (Å²) in [5.41, 5.74) is 0.551. The average molecular weight is 382 g/mol. The first-order chi connectivity index (χ1) is 11.9. The molecule has 134 valence electrons. The molecule has 0 bridgehead atoms. The van der Waals surface area contributed by atoms with Gasteiger partial charge in [-0.1, -0.05) is 43.1 Å².